The molecular formula is C23H25NO4. The number of ether oxygens (including phenoxy) is 1. The maximum atomic E-state index is 12.5. The summed E-state index contributed by atoms with van der Waals surface area (Å²) in [5, 5.41) is 0.795. The molecule has 2 aromatic carbocycles. The zero-order valence-electron chi connectivity index (χ0n) is 16.9. The molecule has 0 bridgehead atoms. The summed E-state index contributed by atoms with van der Waals surface area (Å²) >= 11 is 0. The number of fused-ring (bicyclic) bond motifs is 1. The van der Waals surface area contributed by atoms with Gasteiger partial charge in [0.15, 0.2) is 0 Å². The van der Waals surface area contributed by atoms with Gasteiger partial charge in [-0.1, -0.05) is 19.9 Å². The normalized spacial score (nSPS) is 11.1. The van der Waals surface area contributed by atoms with Crippen molar-refractivity contribution in [2.24, 2.45) is 0 Å². The van der Waals surface area contributed by atoms with Gasteiger partial charge in [0.1, 0.15) is 12.2 Å². The minimum absolute atomic E-state index is 0.00766. The minimum Gasteiger partial charge on any atom is -0.457 e. The van der Waals surface area contributed by atoms with Crippen molar-refractivity contribution in [3.8, 4) is 0 Å². The SMILES string of the molecule is Cc1cc2oc(=O)cc(COC(=O)c3cccc(N(C)C)c3)c2cc1C(C)C. The molecule has 5 heteroatoms. The Hall–Kier alpha value is -3.08. The first kappa shape index (κ1) is 19.7. The standard InChI is InChI=1S/C23H25NO4/c1-14(2)19-12-20-17(11-22(25)28-21(20)9-15(19)3)13-27-23(26)16-7-6-8-18(10-16)24(4)5/h6-12,14H,13H2,1-5H3. The first-order valence-electron chi connectivity index (χ1n) is 9.28. The van der Waals surface area contributed by atoms with Gasteiger partial charge in [-0.15, -0.1) is 0 Å². The molecule has 0 spiro atoms. The van der Waals surface area contributed by atoms with Gasteiger partial charge in [0, 0.05) is 36.8 Å². The van der Waals surface area contributed by atoms with Crippen LogP contribution < -0.4 is 10.5 Å². The predicted octanol–water partition coefficient (Wildman–Crippen LogP) is 4.65. The Morgan fingerprint density at radius 3 is 2.57 bits per heavy atom. The molecule has 0 N–H and O–H groups in total. The number of esters is 1. The first-order valence-corrected chi connectivity index (χ1v) is 9.28. The van der Waals surface area contributed by atoms with Crippen molar-refractivity contribution in [2.75, 3.05) is 19.0 Å². The van der Waals surface area contributed by atoms with Crippen LogP contribution in [0, 0.1) is 6.92 Å². The lowest BCUT2D eigenvalue weighted by Gasteiger charge is -2.14. The average Bonchev–Trinajstić information content (AvgIpc) is 2.64. The van der Waals surface area contributed by atoms with Crippen molar-refractivity contribution < 1.29 is 13.9 Å². The molecule has 3 rings (SSSR count). The second-order valence-electron chi connectivity index (χ2n) is 7.47. The number of hydrogen-bond acceptors (Lipinski definition) is 5. The van der Waals surface area contributed by atoms with Crippen LogP contribution in [0.15, 0.2) is 51.7 Å². The van der Waals surface area contributed by atoms with Gasteiger partial charge >= 0.3 is 11.6 Å². The Morgan fingerprint density at radius 2 is 1.89 bits per heavy atom. The molecule has 1 aromatic heterocycles. The summed E-state index contributed by atoms with van der Waals surface area (Å²) in [5.74, 6) is -0.0956. The Bertz CT molecular complexity index is 1080. The lowest BCUT2D eigenvalue weighted by molar-refractivity contribution is 0.0474. The quantitative estimate of drug-likeness (QED) is 0.477. The number of hydrogen-bond donors (Lipinski definition) is 0. The van der Waals surface area contributed by atoms with E-state index < -0.39 is 11.6 Å². The minimum atomic E-state index is -0.454. The van der Waals surface area contributed by atoms with Crippen LogP contribution in [0.3, 0.4) is 0 Å². The van der Waals surface area contributed by atoms with Gasteiger partial charge in [0.25, 0.3) is 0 Å². The van der Waals surface area contributed by atoms with E-state index in [2.05, 4.69) is 13.8 Å². The third-order valence-corrected chi connectivity index (χ3v) is 4.80. The number of nitrogens with zero attached hydrogens (tertiary/aromatic N) is 1. The van der Waals surface area contributed by atoms with Crippen LogP contribution in [-0.2, 0) is 11.3 Å². The molecule has 0 aliphatic carbocycles. The van der Waals surface area contributed by atoms with E-state index in [-0.39, 0.29) is 6.61 Å². The van der Waals surface area contributed by atoms with E-state index in [0.717, 1.165) is 16.6 Å². The Morgan fingerprint density at radius 1 is 1.14 bits per heavy atom. The van der Waals surface area contributed by atoms with Gasteiger partial charge in [0.05, 0.1) is 5.56 Å². The zero-order valence-corrected chi connectivity index (χ0v) is 16.9. The van der Waals surface area contributed by atoms with Gasteiger partial charge in [-0.2, -0.15) is 0 Å². The summed E-state index contributed by atoms with van der Waals surface area (Å²) in [5.41, 5.74) is 4.33. The first-order chi connectivity index (χ1) is 13.3. The second-order valence-corrected chi connectivity index (χ2v) is 7.47. The molecule has 146 valence electrons. The van der Waals surface area contributed by atoms with E-state index in [1.807, 2.05) is 50.2 Å². The van der Waals surface area contributed by atoms with Crippen LogP contribution in [0.1, 0.15) is 46.8 Å². The smallest absolute Gasteiger partial charge is 0.338 e. The highest BCUT2D eigenvalue weighted by molar-refractivity contribution is 5.91. The van der Waals surface area contributed by atoms with Gasteiger partial charge in [-0.25, -0.2) is 9.59 Å². The summed E-state index contributed by atoms with van der Waals surface area (Å²) in [6.07, 6.45) is 0. The van der Waals surface area contributed by atoms with E-state index in [1.165, 1.54) is 11.6 Å². The van der Waals surface area contributed by atoms with Crippen molar-refractivity contribution in [3.63, 3.8) is 0 Å². The number of rotatable bonds is 5. The van der Waals surface area contributed by atoms with Crippen molar-refractivity contribution in [3.05, 3.63) is 75.1 Å². The molecule has 28 heavy (non-hydrogen) atoms. The van der Waals surface area contributed by atoms with Crippen LogP contribution in [0.25, 0.3) is 11.0 Å². The van der Waals surface area contributed by atoms with E-state index in [4.69, 9.17) is 9.15 Å². The number of aryl methyl sites for hydroxylation is 1. The van der Waals surface area contributed by atoms with Crippen molar-refractivity contribution in [1.82, 2.24) is 0 Å². The Labute approximate surface area is 164 Å². The maximum absolute atomic E-state index is 12.5. The highest BCUT2D eigenvalue weighted by atomic mass is 16.5. The van der Waals surface area contributed by atoms with Crippen LogP contribution in [0.5, 0.6) is 0 Å². The Balaban J connectivity index is 1.91. The van der Waals surface area contributed by atoms with E-state index in [0.29, 0.717) is 22.6 Å². The molecule has 0 saturated heterocycles. The number of benzene rings is 2. The van der Waals surface area contributed by atoms with Crippen LogP contribution in [-0.4, -0.2) is 20.1 Å². The maximum Gasteiger partial charge on any atom is 0.338 e. The predicted molar refractivity (Wildman–Crippen MR) is 111 cm³/mol. The van der Waals surface area contributed by atoms with E-state index >= 15 is 0 Å². The molecule has 0 saturated carbocycles. The number of carbonyl (C=O) groups excluding carboxylic acids is 1. The fourth-order valence-electron chi connectivity index (χ4n) is 3.27. The molecule has 3 aromatic rings. The van der Waals surface area contributed by atoms with Crippen molar-refractivity contribution >= 4 is 22.6 Å². The number of carbonyl (C=O) groups is 1. The van der Waals surface area contributed by atoms with Crippen LogP contribution in [0.4, 0.5) is 5.69 Å². The third kappa shape index (κ3) is 4.09. The largest absolute Gasteiger partial charge is 0.457 e. The lowest BCUT2D eigenvalue weighted by Crippen LogP contribution is -2.11. The molecule has 0 atom stereocenters. The lowest BCUT2D eigenvalue weighted by atomic mass is 9.95. The van der Waals surface area contributed by atoms with E-state index in [1.54, 1.807) is 12.1 Å². The average molecular weight is 379 g/mol. The van der Waals surface area contributed by atoms with Crippen LogP contribution >= 0.6 is 0 Å². The van der Waals surface area contributed by atoms with Crippen molar-refractivity contribution in [2.45, 2.75) is 33.3 Å². The molecule has 0 aliphatic heterocycles. The highest BCUT2D eigenvalue weighted by Gasteiger charge is 2.14. The molecule has 0 aliphatic rings. The fourth-order valence-corrected chi connectivity index (χ4v) is 3.27. The summed E-state index contributed by atoms with van der Waals surface area (Å²) in [6.45, 7) is 6.24. The monoisotopic (exact) mass is 379 g/mol. The zero-order chi connectivity index (χ0) is 20.4. The topological polar surface area (TPSA) is 59.8 Å². The molecule has 0 unspecified atom stereocenters. The molecular weight excluding hydrogens is 354 g/mol. The van der Waals surface area contributed by atoms with Gasteiger partial charge < -0.3 is 14.1 Å². The molecule has 0 fully saturated rings. The number of anilines is 1. The molecule has 5 nitrogen and oxygen atoms in total. The summed E-state index contributed by atoms with van der Waals surface area (Å²) in [6, 6.07) is 12.5. The molecule has 1 heterocycles. The Kier molecular flexibility index (Phi) is 5.54. The summed E-state index contributed by atoms with van der Waals surface area (Å²) in [7, 11) is 3.82. The van der Waals surface area contributed by atoms with E-state index in [9.17, 15) is 9.59 Å². The fraction of sp³-hybridized carbons (Fsp3) is 0.304. The molecule has 0 radical (unpaired) electrons. The second kappa shape index (κ2) is 7.89. The molecule has 0 amide bonds. The van der Waals surface area contributed by atoms with Gasteiger partial charge in [-0.3, -0.25) is 0 Å². The van der Waals surface area contributed by atoms with Crippen molar-refractivity contribution in [1.29, 1.82) is 0 Å². The summed E-state index contributed by atoms with van der Waals surface area (Å²) < 4.78 is 10.9. The van der Waals surface area contributed by atoms with Gasteiger partial charge in [-0.05, 0) is 54.3 Å². The third-order valence-electron chi connectivity index (χ3n) is 4.80. The summed E-state index contributed by atoms with van der Waals surface area (Å²) in [4.78, 5) is 26.4. The van der Waals surface area contributed by atoms with Gasteiger partial charge in [0.2, 0.25) is 0 Å². The highest BCUT2D eigenvalue weighted by Crippen LogP contribution is 2.27. The van der Waals surface area contributed by atoms with Crippen LogP contribution in [0.2, 0.25) is 0 Å².